The highest BCUT2D eigenvalue weighted by Gasteiger charge is 2.30. The fourth-order valence-electron chi connectivity index (χ4n) is 2.74. The van der Waals surface area contributed by atoms with Gasteiger partial charge in [0.1, 0.15) is 0 Å². The van der Waals surface area contributed by atoms with E-state index in [2.05, 4.69) is 10.2 Å². The SMILES string of the molecule is NC(=O)c1ccc(CN(CC(=O)Nc2cccc(Cl)c2Cl)C2CC2)cc1. The molecule has 0 atom stereocenters. The molecule has 0 radical (unpaired) electrons. The van der Waals surface area contributed by atoms with Crippen molar-refractivity contribution in [2.75, 3.05) is 11.9 Å². The molecule has 5 nitrogen and oxygen atoms in total. The van der Waals surface area contributed by atoms with Crippen molar-refractivity contribution in [1.82, 2.24) is 4.90 Å². The van der Waals surface area contributed by atoms with Crippen LogP contribution >= 0.6 is 23.2 Å². The fourth-order valence-corrected chi connectivity index (χ4v) is 3.09. The van der Waals surface area contributed by atoms with Crippen molar-refractivity contribution < 1.29 is 9.59 Å². The van der Waals surface area contributed by atoms with Crippen LogP contribution in [0.25, 0.3) is 0 Å². The molecule has 26 heavy (non-hydrogen) atoms. The van der Waals surface area contributed by atoms with E-state index in [1.54, 1.807) is 30.3 Å². The zero-order valence-corrected chi connectivity index (χ0v) is 15.6. The Morgan fingerprint density at radius 2 is 1.81 bits per heavy atom. The zero-order chi connectivity index (χ0) is 18.7. The van der Waals surface area contributed by atoms with Crippen LogP contribution in [0.1, 0.15) is 28.8 Å². The summed E-state index contributed by atoms with van der Waals surface area (Å²) in [6.45, 7) is 0.880. The summed E-state index contributed by atoms with van der Waals surface area (Å²) in [5.74, 6) is -0.594. The number of carbonyl (C=O) groups is 2. The molecule has 1 saturated carbocycles. The van der Waals surface area contributed by atoms with Gasteiger partial charge in [0.05, 0.1) is 22.3 Å². The minimum atomic E-state index is -0.451. The van der Waals surface area contributed by atoms with E-state index in [-0.39, 0.29) is 12.5 Å². The van der Waals surface area contributed by atoms with Crippen LogP contribution in [0.3, 0.4) is 0 Å². The van der Waals surface area contributed by atoms with Crippen molar-refractivity contribution in [2.45, 2.75) is 25.4 Å². The molecule has 2 aromatic rings. The summed E-state index contributed by atoms with van der Waals surface area (Å²) in [7, 11) is 0. The number of benzene rings is 2. The third-order valence-electron chi connectivity index (χ3n) is 4.26. The topological polar surface area (TPSA) is 75.4 Å². The van der Waals surface area contributed by atoms with Crippen molar-refractivity contribution >= 4 is 40.7 Å². The molecule has 136 valence electrons. The second kappa shape index (κ2) is 8.08. The molecule has 0 unspecified atom stereocenters. The molecule has 7 heteroatoms. The summed E-state index contributed by atoms with van der Waals surface area (Å²) in [5, 5.41) is 3.55. The Kier molecular flexibility index (Phi) is 5.81. The van der Waals surface area contributed by atoms with E-state index >= 15 is 0 Å². The Labute approximate surface area is 162 Å². The lowest BCUT2D eigenvalue weighted by Crippen LogP contribution is -2.34. The molecule has 0 heterocycles. The van der Waals surface area contributed by atoms with Gasteiger partial charge in [-0.3, -0.25) is 14.5 Å². The lowest BCUT2D eigenvalue weighted by molar-refractivity contribution is -0.117. The van der Waals surface area contributed by atoms with Crippen LogP contribution in [-0.2, 0) is 11.3 Å². The molecule has 3 N–H and O–H groups in total. The van der Waals surface area contributed by atoms with Gasteiger partial charge in [-0.15, -0.1) is 0 Å². The molecular formula is C19H19Cl2N3O2. The highest BCUT2D eigenvalue weighted by atomic mass is 35.5. The second-order valence-electron chi connectivity index (χ2n) is 6.35. The van der Waals surface area contributed by atoms with E-state index in [4.69, 9.17) is 28.9 Å². The maximum absolute atomic E-state index is 12.4. The van der Waals surface area contributed by atoms with Crippen LogP contribution in [0, 0.1) is 0 Å². The Bertz CT molecular complexity index is 820. The first-order valence-electron chi connectivity index (χ1n) is 8.30. The molecular weight excluding hydrogens is 373 g/mol. The molecule has 1 fully saturated rings. The van der Waals surface area contributed by atoms with Crippen LogP contribution in [0.4, 0.5) is 5.69 Å². The maximum Gasteiger partial charge on any atom is 0.248 e. The summed E-state index contributed by atoms with van der Waals surface area (Å²) >= 11 is 12.1. The minimum Gasteiger partial charge on any atom is -0.366 e. The smallest absolute Gasteiger partial charge is 0.248 e. The van der Waals surface area contributed by atoms with Gasteiger partial charge in [-0.05, 0) is 42.7 Å². The average Bonchev–Trinajstić information content (AvgIpc) is 3.44. The van der Waals surface area contributed by atoms with E-state index in [9.17, 15) is 9.59 Å². The quantitative estimate of drug-likeness (QED) is 0.755. The Balaban J connectivity index is 1.64. The molecule has 0 aliphatic heterocycles. The van der Waals surface area contributed by atoms with E-state index in [0.29, 0.717) is 33.9 Å². The fraction of sp³-hybridized carbons (Fsp3) is 0.263. The maximum atomic E-state index is 12.4. The molecule has 0 bridgehead atoms. The number of hydrogen-bond acceptors (Lipinski definition) is 3. The third kappa shape index (κ3) is 4.75. The first-order chi connectivity index (χ1) is 12.4. The summed E-state index contributed by atoms with van der Waals surface area (Å²) in [4.78, 5) is 25.7. The van der Waals surface area contributed by atoms with Crippen molar-refractivity contribution in [3.05, 3.63) is 63.6 Å². The van der Waals surface area contributed by atoms with Crippen molar-refractivity contribution in [3.63, 3.8) is 0 Å². The number of nitrogens with two attached hydrogens (primary N) is 1. The number of carbonyl (C=O) groups excluding carboxylic acids is 2. The Morgan fingerprint density at radius 1 is 1.12 bits per heavy atom. The second-order valence-corrected chi connectivity index (χ2v) is 7.13. The third-order valence-corrected chi connectivity index (χ3v) is 5.08. The van der Waals surface area contributed by atoms with Crippen LogP contribution in [0.2, 0.25) is 10.0 Å². The predicted octanol–water partition coefficient (Wildman–Crippen LogP) is 3.70. The van der Waals surface area contributed by atoms with E-state index in [1.807, 2.05) is 12.1 Å². The summed E-state index contributed by atoms with van der Waals surface area (Å²) in [6, 6.07) is 12.7. The predicted molar refractivity (Wildman–Crippen MR) is 103 cm³/mol. The van der Waals surface area contributed by atoms with Gasteiger partial charge >= 0.3 is 0 Å². The highest BCUT2D eigenvalue weighted by molar-refractivity contribution is 6.44. The van der Waals surface area contributed by atoms with Crippen LogP contribution in [0.5, 0.6) is 0 Å². The number of halogens is 2. The van der Waals surface area contributed by atoms with Crippen LogP contribution in [-0.4, -0.2) is 29.3 Å². The Hall–Kier alpha value is -2.08. The molecule has 0 spiro atoms. The van der Waals surface area contributed by atoms with Gasteiger partial charge < -0.3 is 11.1 Å². The lowest BCUT2D eigenvalue weighted by Gasteiger charge is -2.22. The number of nitrogens with one attached hydrogen (secondary N) is 1. The molecule has 0 saturated heterocycles. The van der Waals surface area contributed by atoms with Gasteiger partial charge in [0.25, 0.3) is 0 Å². The molecule has 1 aliphatic carbocycles. The molecule has 1 aliphatic rings. The van der Waals surface area contributed by atoms with Gasteiger partial charge in [-0.1, -0.05) is 41.4 Å². The van der Waals surface area contributed by atoms with Crippen molar-refractivity contribution in [2.24, 2.45) is 5.73 Å². The number of anilines is 1. The Morgan fingerprint density at radius 3 is 2.42 bits per heavy atom. The van der Waals surface area contributed by atoms with Gasteiger partial charge in [-0.2, -0.15) is 0 Å². The average molecular weight is 392 g/mol. The highest BCUT2D eigenvalue weighted by Crippen LogP contribution is 2.30. The van der Waals surface area contributed by atoms with Gasteiger partial charge in [-0.25, -0.2) is 0 Å². The van der Waals surface area contributed by atoms with Gasteiger partial charge in [0, 0.05) is 18.2 Å². The number of nitrogens with zero attached hydrogens (tertiary/aromatic N) is 1. The summed E-state index contributed by atoms with van der Waals surface area (Å²) in [5.41, 5.74) is 7.26. The lowest BCUT2D eigenvalue weighted by atomic mass is 10.1. The minimum absolute atomic E-state index is 0.144. The first-order valence-corrected chi connectivity index (χ1v) is 9.06. The molecule has 2 amide bonds. The number of amides is 2. The van der Waals surface area contributed by atoms with E-state index in [0.717, 1.165) is 18.4 Å². The summed E-state index contributed by atoms with van der Waals surface area (Å²) < 4.78 is 0. The molecule has 3 rings (SSSR count). The molecule has 2 aromatic carbocycles. The van der Waals surface area contributed by atoms with Crippen LogP contribution in [0.15, 0.2) is 42.5 Å². The first kappa shape index (κ1) is 18.7. The van der Waals surface area contributed by atoms with Crippen molar-refractivity contribution in [1.29, 1.82) is 0 Å². The zero-order valence-electron chi connectivity index (χ0n) is 14.0. The number of rotatable bonds is 7. The number of hydrogen-bond donors (Lipinski definition) is 2. The van der Waals surface area contributed by atoms with Gasteiger partial charge in [0.15, 0.2) is 0 Å². The number of primary amides is 1. The summed E-state index contributed by atoms with van der Waals surface area (Å²) in [6.07, 6.45) is 2.15. The van der Waals surface area contributed by atoms with Crippen LogP contribution < -0.4 is 11.1 Å². The standard InChI is InChI=1S/C19H19Cl2N3O2/c20-15-2-1-3-16(18(15)21)23-17(25)11-24(14-8-9-14)10-12-4-6-13(7-5-12)19(22)26/h1-7,14H,8-11H2,(H2,22,26)(H,23,25). The van der Waals surface area contributed by atoms with Crippen molar-refractivity contribution in [3.8, 4) is 0 Å². The molecule has 0 aromatic heterocycles. The normalized spacial score (nSPS) is 13.7. The van der Waals surface area contributed by atoms with Gasteiger partial charge in [0.2, 0.25) is 11.8 Å². The van der Waals surface area contributed by atoms with E-state index in [1.165, 1.54) is 0 Å². The monoisotopic (exact) mass is 391 g/mol. The largest absolute Gasteiger partial charge is 0.366 e. The van der Waals surface area contributed by atoms with E-state index < -0.39 is 5.91 Å².